The van der Waals surface area contributed by atoms with Gasteiger partial charge in [0, 0.05) is 16.0 Å². The first kappa shape index (κ1) is 22.8. The molecule has 7 nitrogen and oxygen atoms in total. The fourth-order valence-electron chi connectivity index (χ4n) is 4.11. The summed E-state index contributed by atoms with van der Waals surface area (Å²) in [6.45, 7) is 2.19. The molecule has 0 radical (unpaired) electrons. The first-order valence-electron chi connectivity index (χ1n) is 10.6. The zero-order valence-electron chi connectivity index (χ0n) is 18.7. The van der Waals surface area contributed by atoms with Crippen LogP contribution in [0.25, 0.3) is 10.2 Å². The van der Waals surface area contributed by atoms with Gasteiger partial charge in [-0.1, -0.05) is 11.6 Å². The first-order chi connectivity index (χ1) is 15.3. The van der Waals surface area contributed by atoms with E-state index in [2.05, 4.69) is 5.32 Å². The smallest absolute Gasteiger partial charge is 0.263 e. The first-order valence-corrected chi connectivity index (χ1v) is 11.8. The molecule has 170 valence electrons. The van der Waals surface area contributed by atoms with Crippen molar-refractivity contribution in [3.63, 3.8) is 0 Å². The summed E-state index contributed by atoms with van der Waals surface area (Å²) >= 11 is 7.79. The fraction of sp³-hybridized carbons (Fsp3) is 0.435. The van der Waals surface area contributed by atoms with Crippen molar-refractivity contribution in [2.75, 3.05) is 26.5 Å². The summed E-state index contributed by atoms with van der Waals surface area (Å²) in [5, 5.41) is 4.11. The minimum Gasteiger partial charge on any atom is -0.495 e. The van der Waals surface area contributed by atoms with Gasteiger partial charge in [0.1, 0.15) is 22.9 Å². The van der Waals surface area contributed by atoms with Gasteiger partial charge in [0.25, 0.3) is 5.56 Å². The quantitative estimate of drug-likeness (QED) is 0.584. The van der Waals surface area contributed by atoms with E-state index >= 15 is 0 Å². The normalized spacial score (nSPS) is 13.4. The Morgan fingerprint density at radius 1 is 1.31 bits per heavy atom. The molecule has 0 unspecified atom stereocenters. The van der Waals surface area contributed by atoms with Gasteiger partial charge in [-0.3, -0.25) is 14.2 Å². The number of ether oxygens (including phenoxy) is 1. The highest BCUT2D eigenvalue weighted by atomic mass is 35.5. The lowest BCUT2D eigenvalue weighted by Crippen LogP contribution is -2.33. The maximum atomic E-state index is 13.6. The molecule has 0 aliphatic heterocycles. The van der Waals surface area contributed by atoms with Crippen LogP contribution in [0.5, 0.6) is 5.75 Å². The van der Waals surface area contributed by atoms with E-state index in [-0.39, 0.29) is 18.0 Å². The summed E-state index contributed by atoms with van der Waals surface area (Å²) in [4.78, 5) is 35.4. The van der Waals surface area contributed by atoms with Gasteiger partial charge in [0.2, 0.25) is 5.91 Å². The van der Waals surface area contributed by atoms with Crippen LogP contribution in [0.2, 0.25) is 5.02 Å². The molecule has 9 heteroatoms. The third-order valence-electron chi connectivity index (χ3n) is 5.67. The average molecular weight is 475 g/mol. The Morgan fingerprint density at radius 3 is 2.78 bits per heavy atom. The minimum absolute atomic E-state index is 0.125. The Hall–Kier alpha value is -2.42. The molecule has 0 bridgehead atoms. The number of aryl methyl sites for hydroxylation is 3. The maximum Gasteiger partial charge on any atom is 0.263 e. The monoisotopic (exact) mass is 474 g/mol. The molecule has 2 aromatic heterocycles. The number of carbonyl (C=O) groups excluding carboxylic acids is 1. The number of fused-ring (bicyclic) bond motifs is 3. The lowest BCUT2D eigenvalue weighted by Gasteiger charge is -2.17. The van der Waals surface area contributed by atoms with Crippen LogP contribution < -0.4 is 15.6 Å². The highest BCUT2D eigenvalue weighted by Crippen LogP contribution is 2.34. The molecule has 1 aromatic carbocycles. The Bertz CT molecular complexity index is 1250. The van der Waals surface area contributed by atoms with Crippen LogP contribution >= 0.6 is 22.9 Å². The number of hydrogen-bond donors (Lipinski definition) is 1. The molecular formula is C23H27ClN4O3S. The number of carbonyl (C=O) groups is 1. The summed E-state index contributed by atoms with van der Waals surface area (Å²) in [7, 11) is 5.36. The second-order valence-electron chi connectivity index (χ2n) is 8.40. The van der Waals surface area contributed by atoms with Crippen molar-refractivity contribution >= 4 is 44.7 Å². The van der Waals surface area contributed by atoms with E-state index in [1.54, 1.807) is 23.5 Å². The van der Waals surface area contributed by atoms with Crippen molar-refractivity contribution in [3.05, 3.63) is 49.3 Å². The third kappa shape index (κ3) is 4.40. The molecule has 0 atom stereocenters. The van der Waals surface area contributed by atoms with E-state index in [0.29, 0.717) is 34.2 Å². The van der Waals surface area contributed by atoms with Gasteiger partial charge in [-0.05, 0) is 63.9 Å². The highest BCUT2D eigenvalue weighted by molar-refractivity contribution is 7.18. The number of hydrogen-bond acceptors (Lipinski definition) is 6. The van der Waals surface area contributed by atoms with Crippen LogP contribution in [0.1, 0.15) is 34.7 Å². The van der Waals surface area contributed by atoms with E-state index in [0.717, 1.165) is 41.6 Å². The SMILES string of the molecule is COc1cc(Cl)c(C)cc1NC(=O)Cn1c(CN(C)C)nc2sc3c(c2c1=O)CCCC3. The van der Waals surface area contributed by atoms with Gasteiger partial charge in [0.15, 0.2) is 0 Å². The van der Waals surface area contributed by atoms with Crippen LogP contribution in [0.4, 0.5) is 5.69 Å². The summed E-state index contributed by atoms with van der Waals surface area (Å²) in [5.41, 5.74) is 2.32. The van der Waals surface area contributed by atoms with Crippen molar-refractivity contribution in [1.82, 2.24) is 14.5 Å². The number of benzene rings is 1. The summed E-state index contributed by atoms with van der Waals surface area (Å²) in [5.74, 6) is 0.730. The van der Waals surface area contributed by atoms with Crippen molar-refractivity contribution in [1.29, 1.82) is 0 Å². The topological polar surface area (TPSA) is 76.5 Å². The number of anilines is 1. The predicted molar refractivity (Wildman–Crippen MR) is 129 cm³/mol. The Balaban J connectivity index is 1.73. The molecule has 0 fully saturated rings. The van der Waals surface area contributed by atoms with Gasteiger partial charge in [-0.2, -0.15) is 0 Å². The van der Waals surface area contributed by atoms with Crippen molar-refractivity contribution in [2.24, 2.45) is 0 Å². The van der Waals surface area contributed by atoms with E-state index in [9.17, 15) is 9.59 Å². The van der Waals surface area contributed by atoms with Crippen molar-refractivity contribution < 1.29 is 9.53 Å². The number of halogens is 1. The number of thiophene rings is 1. The van der Waals surface area contributed by atoms with E-state index in [1.807, 2.05) is 25.9 Å². The average Bonchev–Trinajstić information content (AvgIpc) is 3.11. The number of nitrogens with one attached hydrogen (secondary N) is 1. The van der Waals surface area contributed by atoms with E-state index < -0.39 is 0 Å². The van der Waals surface area contributed by atoms with E-state index in [1.165, 1.54) is 16.6 Å². The summed E-state index contributed by atoms with van der Waals surface area (Å²) < 4.78 is 6.86. The molecule has 1 N–H and O–H groups in total. The summed E-state index contributed by atoms with van der Waals surface area (Å²) in [6, 6.07) is 3.43. The minimum atomic E-state index is -0.322. The Kier molecular flexibility index (Phi) is 6.55. The number of methoxy groups -OCH3 is 1. The van der Waals surface area contributed by atoms with Crippen LogP contribution in [0.15, 0.2) is 16.9 Å². The molecular weight excluding hydrogens is 448 g/mol. The van der Waals surface area contributed by atoms with Crippen molar-refractivity contribution in [3.8, 4) is 5.75 Å². The molecule has 3 aromatic rings. The molecule has 1 amide bonds. The van der Waals surface area contributed by atoms with Gasteiger partial charge in [0.05, 0.1) is 24.7 Å². The lowest BCUT2D eigenvalue weighted by molar-refractivity contribution is -0.116. The Labute approximate surface area is 196 Å². The van der Waals surface area contributed by atoms with Gasteiger partial charge >= 0.3 is 0 Å². The van der Waals surface area contributed by atoms with Gasteiger partial charge < -0.3 is 15.0 Å². The number of aromatic nitrogens is 2. The zero-order valence-corrected chi connectivity index (χ0v) is 20.3. The third-order valence-corrected chi connectivity index (χ3v) is 7.26. The maximum absolute atomic E-state index is 13.6. The summed E-state index contributed by atoms with van der Waals surface area (Å²) in [6.07, 6.45) is 4.11. The molecule has 1 aliphatic rings. The largest absolute Gasteiger partial charge is 0.495 e. The standard InChI is InChI=1S/C23H27ClN4O3S/c1-13-9-16(17(31-4)10-15(13)24)25-20(29)12-28-19(11-27(2)3)26-22-21(23(28)30)14-7-5-6-8-18(14)32-22/h9-10H,5-8,11-12H2,1-4H3,(H,25,29). The zero-order chi connectivity index (χ0) is 23.0. The second kappa shape index (κ2) is 9.21. The molecule has 0 saturated carbocycles. The number of rotatable bonds is 6. The van der Waals surface area contributed by atoms with Gasteiger partial charge in [-0.25, -0.2) is 4.98 Å². The van der Waals surface area contributed by atoms with Gasteiger partial charge in [-0.15, -0.1) is 11.3 Å². The molecule has 4 rings (SSSR count). The molecule has 32 heavy (non-hydrogen) atoms. The lowest BCUT2D eigenvalue weighted by atomic mass is 9.97. The van der Waals surface area contributed by atoms with Crippen LogP contribution in [0.3, 0.4) is 0 Å². The van der Waals surface area contributed by atoms with Crippen molar-refractivity contribution in [2.45, 2.75) is 45.7 Å². The fourth-order valence-corrected chi connectivity index (χ4v) is 5.53. The van der Waals surface area contributed by atoms with E-state index in [4.69, 9.17) is 21.3 Å². The number of amides is 1. The van der Waals surface area contributed by atoms with Crippen LogP contribution in [-0.2, 0) is 30.7 Å². The molecule has 0 spiro atoms. The van der Waals surface area contributed by atoms with Crippen LogP contribution in [-0.4, -0.2) is 41.6 Å². The highest BCUT2D eigenvalue weighted by Gasteiger charge is 2.23. The molecule has 0 saturated heterocycles. The number of nitrogens with zero attached hydrogens (tertiary/aromatic N) is 3. The molecule has 1 aliphatic carbocycles. The van der Waals surface area contributed by atoms with Crippen LogP contribution in [0, 0.1) is 6.92 Å². The predicted octanol–water partition coefficient (Wildman–Crippen LogP) is 4.01. The Morgan fingerprint density at radius 2 is 2.06 bits per heavy atom. The second-order valence-corrected chi connectivity index (χ2v) is 9.89. The molecule has 2 heterocycles.